The van der Waals surface area contributed by atoms with Gasteiger partial charge in [-0.15, -0.1) is 0 Å². The average Bonchev–Trinajstić information content (AvgIpc) is 2.80. The van der Waals surface area contributed by atoms with E-state index in [4.69, 9.17) is 0 Å². The first-order chi connectivity index (χ1) is 11.0. The van der Waals surface area contributed by atoms with Crippen molar-refractivity contribution in [3.63, 3.8) is 0 Å². The van der Waals surface area contributed by atoms with E-state index >= 15 is 0 Å². The van der Waals surface area contributed by atoms with Gasteiger partial charge in [-0.25, -0.2) is 8.78 Å². The highest BCUT2D eigenvalue weighted by atomic mass is 19.3. The van der Waals surface area contributed by atoms with Crippen molar-refractivity contribution in [2.75, 3.05) is 13.2 Å². The molecule has 0 atom stereocenters. The van der Waals surface area contributed by atoms with Crippen molar-refractivity contribution in [3.05, 3.63) is 53.3 Å². The van der Waals surface area contributed by atoms with E-state index in [-0.39, 0.29) is 6.61 Å². The lowest BCUT2D eigenvalue weighted by Crippen LogP contribution is -2.28. The van der Waals surface area contributed by atoms with Crippen LogP contribution in [-0.2, 0) is 16.1 Å². The first-order valence-electron chi connectivity index (χ1n) is 7.35. The molecule has 0 spiro atoms. The Hall–Kier alpha value is -2.21. The number of halogens is 2. The minimum atomic E-state index is -2.56. The van der Waals surface area contributed by atoms with Gasteiger partial charge in [-0.1, -0.05) is 18.2 Å². The van der Waals surface area contributed by atoms with E-state index in [2.05, 4.69) is 14.6 Å². The SMILES string of the molecule is Cc1cc(CNC(=O)COCC(F)F)c(C)n1-c1ccccc1. The number of hydrogen-bond acceptors (Lipinski definition) is 2. The summed E-state index contributed by atoms with van der Waals surface area (Å²) in [6, 6.07) is 11.9. The maximum atomic E-state index is 11.9. The summed E-state index contributed by atoms with van der Waals surface area (Å²) >= 11 is 0. The summed E-state index contributed by atoms with van der Waals surface area (Å²) in [5.74, 6) is -0.407. The number of aryl methyl sites for hydroxylation is 1. The maximum Gasteiger partial charge on any atom is 0.261 e. The molecule has 6 heteroatoms. The van der Waals surface area contributed by atoms with Gasteiger partial charge in [-0.05, 0) is 37.6 Å². The Labute approximate surface area is 134 Å². The van der Waals surface area contributed by atoms with E-state index in [9.17, 15) is 13.6 Å². The monoisotopic (exact) mass is 322 g/mol. The molecule has 1 N–H and O–H groups in total. The molecule has 0 bridgehead atoms. The number of carbonyl (C=O) groups excluding carboxylic acids is 1. The molecule has 1 heterocycles. The van der Waals surface area contributed by atoms with Gasteiger partial charge in [0.1, 0.15) is 13.2 Å². The van der Waals surface area contributed by atoms with Crippen LogP contribution in [0.1, 0.15) is 17.0 Å². The second-order valence-electron chi connectivity index (χ2n) is 5.25. The number of amides is 1. The molecule has 23 heavy (non-hydrogen) atoms. The first kappa shape index (κ1) is 17.1. The summed E-state index contributed by atoms with van der Waals surface area (Å²) in [5.41, 5.74) is 4.13. The number of carbonyl (C=O) groups is 1. The Bertz CT molecular complexity index is 654. The Kier molecular flexibility index (Phi) is 5.87. The predicted octanol–water partition coefficient (Wildman–Crippen LogP) is 2.99. The third-order valence-corrected chi connectivity index (χ3v) is 3.50. The average molecular weight is 322 g/mol. The van der Waals surface area contributed by atoms with Gasteiger partial charge >= 0.3 is 0 Å². The molecule has 1 aromatic heterocycles. The molecule has 1 amide bonds. The van der Waals surface area contributed by atoms with Crippen LogP contribution in [0.5, 0.6) is 0 Å². The molecule has 0 aliphatic heterocycles. The van der Waals surface area contributed by atoms with Crippen LogP contribution in [0.25, 0.3) is 5.69 Å². The van der Waals surface area contributed by atoms with E-state index in [0.29, 0.717) is 6.54 Å². The maximum absolute atomic E-state index is 11.9. The van der Waals surface area contributed by atoms with Crippen LogP contribution in [0.3, 0.4) is 0 Å². The van der Waals surface area contributed by atoms with Crippen LogP contribution in [0.2, 0.25) is 0 Å². The van der Waals surface area contributed by atoms with Crippen molar-refractivity contribution in [1.82, 2.24) is 9.88 Å². The number of rotatable bonds is 7. The van der Waals surface area contributed by atoms with Crippen LogP contribution in [0.15, 0.2) is 36.4 Å². The Balaban J connectivity index is 1.98. The van der Waals surface area contributed by atoms with E-state index in [1.165, 1.54) is 0 Å². The fourth-order valence-electron chi connectivity index (χ4n) is 2.47. The number of hydrogen-bond donors (Lipinski definition) is 1. The molecule has 4 nitrogen and oxygen atoms in total. The molecular weight excluding hydrogens is 302 g/mol. The Morgan fingerprint density at radius 2 is 1.96 bits per heavy atom. The minimum Gasteiger partial charge on any atom is -0.366 e. The minimum absolute atomic E-state index is 0.337. The summed E-state index contributed by atoms with van der Waals surface area (Å²) < 4.78 is 30.6. The van der Waals surface area contributed by atoms with E-state index in [1.807, 2.05) is 50.2 Å². The van der Waals surface area contributed by atoms with Gasteiger partial charge in [0.05, 0.1) is 0 Å². The largest absolute Gasteiger partial charge is 0.366 e. The van der Waals surface area contributed by atoms with Crippen molar-refractivity contribution in [2.45, 2.75) is 26.8 Å². The molecular formula is C17H20F2N2O2. The third-order valence-electron chi connectivity index (χ3n) is 3.50. The number of ether oxygens (including phenoxy) is 1. The van der Waals surface area contributed by atoms with Crippen molar-refractivity contribution in [1.29, 1.82) is 0 Å². The molecule has 0 saturated heterocycles. The number of para-hydroxylation sites is 1. The lowest BCUT2D eigenvalue weighted by molar-refractivity contribution is -0.127. The van der Waals surface area contributed by atoms with Gasteiger partial charge in [0.2, 0.25) is 5.91 Å². The van der Waals surface area contributed by atoms with Crippen LogP contribution < -0.4 is 5.32 Å². The van der Waals surface area contributed by atoms with E-state index in [1.54, 1.807) is 0 Å². The standard InChI is InChI=1S/C17H20F2N2O2/c1-12-8-14(9-20-17(22)11-23-10-16(18)19)13(2)21(12)15-6-4-3-5-7-15/h3-8,16H,9-11H2,1-2H3,(H,20,22). The normalized spacial score (nSPS) is 11.0. The van der Waals surface area contributed by atoms with Crippen molar-refractivity contribution >= 4 is 5.91 Å². The highest BCUT2D eigenvalue weighted by Gasteiger charge is 2.12. The summed E-state index contributed by atoms with van der Waals surface area (Å²) in [6.45, 7) is 3.23. The van der Waals surface area contributed by atoms with Gasteiger partial charge in [0.15, 0.2) is 0 Å². The number of alkyl halides is 2. The molecule has 124 valence electrons. The quantitative estimate of drug-likeness (QED) is 0.851. The van der Waals surface area contributed by atoms with E-state index < -0.39 is 18.9 Å². The van der Waals surface area contributed by atoms with Gasteiger partial charge in [-0.3, -0.25) is 4.79 Å². The van der Waals surface area contributed by atoms with Crippen molar-refractivity contribution < 1.29 is 18.3 Å². The molecule has 0 unspecified atom stereocenters. The van der Waals surface area contributed by atoms with Crippen LogP contribution >= 0.6 is 0 Å². The van der Waals surface area contributed by atoms with Gasteiger partial charge in [-0.2, -0.15) is 0 Å². The number of nitrogens with zero attached hydrogens (tertiary/aromatic N) is 1. The zero-order valence-electron chi connectivity index (χ0n) is 13.2. The van der Waals surface area contributed by atoms with Gasteiger partial charge in [0.25, 0.3) is 6.43 Å². The number of aromatic nitrogens is 1. The molecule has 0 fully saturated rings. The fraction of sp³-hybridized carbons (Fsp3) is 0.353. The topological polar surface area (TPSA) is 43.3 Å². The molecule has 2 rings (SSSR count). The molecule has 0 aliphatic carbocycles. The highest BCUT2D eigenvalue weighted by Crippen LogP contribution is 2.20. The predicted molar refractivity (Wildman–Crippen MR) is 83.9 cm³/mol. The molecule has 0 aliphatic rings. The zero-order chi connectivity index (χ0) is 16.8. The highest BCUT2D eigenvalue weighted by molar-refractivity contribution is 5.77. The Morgan fingerprint density at radius 3 is 2.61 bits per heavy atom. The van der Waals surface area contributed by atoms with Crippen LogP contribution in [-0.4, -0.2) is 30.1 Å². The molecule has 1 aromatic carbocycles. The zero-order valence-corrected chi connectivity index (χ0v) is 13.2. The molecule has 2 aromatic rings. The lowest BCUT2D eigenvalue weighted by atomic mass is 10.2. The van der Waals surface area contributed by atoms with Crippen molar-refractivity contribution in [3.8, 4) is 5.69 Å². The fourth-order valence-corrected chi connectivity index (χ4v) is 2.47. The smallest absolute Gasteiger partial charge is 0.261 e. The number of nitrogens with one attached hydrogen (secondary N) is 1. The molecule has 0 radical (unpaired) electrons. The summed E-state index contributed by atoms with van der Waals surface area (Å²) in [5, 5.41) is 2.68. The van der Waals surface area contributed by atoms with Crippen molar-refractivity contribution in [2.24, 2.45) is 0 Å². The van der Waals surface area contributed by atoms with Gasteiger partial charge < -0.3 is 14.6 Å². The van der Waals surface area contributed by atoms with Crippen LogP contribution in [0.4, 0.5) is 8.78 Å². The molecule has 0 saturated carbocycles. The summed E-state index contributed by atoms with van der Waals surface area (Å²) in [4.78, 5) is 11.6. The van der Waals surface area contributed by atoms with Crippen LogP contribution in [0, 0.1) is 13.8 Å². The lowest BCUT2D eigenvalue weighted by Gasteiger charge is -2.10. The van der Waals surface area contributed by atoms with E-state index in [0.717, 1.165) is 22.6 Å². The number of benzene rings is 1. The second kappa shape index (κ2) is 7.87. The third kappa shape index (κ3) is 4.63. The second-order valence-corrected chi connectivity index (χ2v) is 5.25. The summed E-state index contributed by atoms with van der Waals surface area (Å²) in [6.07, 6.45) is -2.56. The summed E-state index contributed by atoms with van der Waals surface area (Å²) in [7, 11) is 0. The van der Waals surface area contributed by atoms with Gasteiger partial charge in [0, 0.05) is 23.6 Å². The Morgan fingerprint density at radius 1 is 1.26 bits per heavy atom. The first-order valence-corrected chi connectivity index (χ1v) is 7.35.